The van der Waals surface area contributed by atoms with E-state index in [1.54, 1.807) is 13.0 Å². The normalized spacial score (nSPS) is 19.4. The number of carbonyl (C=O) groups excluding carboxylic acids is 1. The highest BCUT2D eigenvalue weighted by molar-refractivity contribution is 5.91. The Kier molecular flexibility index (Phi) is 2.95. The van der Waals surface area contributed by atoms with Gasteiger partial charge in [0, 0.05) is 6.42 Å². The summed E-state index contributed by atoms with van der Waals surface area (Å²) in [7, 11) is 0. The smallest absolute Gasteiger partial charge is 0.326 e. The minimum absolute atomic E-state index is 0.247. The molecule has 0 fully saturated rings. The van der Waals surface area contributed by atoms with E-state index in [4.69, 9.17) is 5.11 Å². The Morgan fingerprint density at radius 1 is 1.65 bits per heavy atom. The number of hydrogen-bond acceptors (Lipinski definition) is 3. The molecule has 1 atom stereocenters. The van der Waals surface area contributed by atoms with Crippen molar-refractivity contribution < 1.29 is 14.7 Å². The molecule has 2 heterocycles. The fraction of sp³-hybridized carbons (Fsp3) is 0.364. The first kappa shape index (κ1) is 11.4. The number of carboxylic acids is 1. The zero-order chi connectivity index (χ0) is 12.4. The van der Waals surface area contributed by atoms with Crippen molar-refractivity contribution >= 4 is 11.9 Å². The van der Waals surface area contributed by atoms with Crippen LogP contribution in [0, 0.1) is 0 Å². The van der Waals surface area contributed by atoms with Crippen LogP contribution < -0.4 is 0 Å². The number of fused-ring (bicyclic) bond motifs is 1. The number of hydrogen-bond donors (Lipinski definition) is 2. The van der Waals surface area contributed by atoms with E-state index < -0.39 is 12.0 Å². The Hall–Kier alpha value is -2.11. The van der Waals surface area contributed by atoms with Crippen LogP contribution in [0.2, 0.25) is 0 Å². The largest absolute Gasteiger partial charge is 0.480 e. The van der Waals surface area contributed by atoms with Gasteiger partial charge < -0.3 is 15.0 Å². The summed E-state index contributed by atoms with van der Waals surface area (Å²) in [6.07, 6.45) is 4.74. The molecule has 0 aromatic carbocycles. The molecule has 0 radical (unpaired) electrons. The minimum atomic E-state index is -1.00. The highest BCUT2D eigenvalue weighted by atomic mass is 16.4. The van der Waals surface area contributed by atoms with Gasteiger partial charge in [0.05, 0.1) is 24.3 Å². The molecule has 6 heteroatoms. The van der Waals surface area contributed by atoms with Gasteiger partial charge in [0.15, 0.2) is 0 Å². The molecule has 2 N–H and O–H groups in total. The third kappa shape index (κ3) is 2.06. The molecule has 1 aliphatic rings. The number of aromatic amines is 1. The number of allylic oxidation sites excluding steroid dienone is 1. The van der Waals surface area contributed by atoms with E-state index in [0.717, 1.165) is 11.4 Å². The third-order valence-corrected chi connectivity index (χ3v) is 2.78. The Labute approximate surface area is 98.0 Å². The van der Waals surface area contributed by atoms with Crippen LogP contribution in [-0.4, -0.2) is 37.9 Å². The predicted octanol–water partition coefficient (Wildman–Crippen LogP) is 0.324. The van der Waals surface area contributed by atoms with E-state index >= 15 is 0 Å². The summed E-state index contributed by atoms with van der Waals surface area (Å²) in [5, 5.41) is 9.13. The standard InChI is InChI=1S/C11H13N3O3/c1-2-3-10(15)14-5-8-7(12-6-13-8)4-9(14)11(16)17/h2-3,6,9H,4-5H2,1H3,(H,12,13)(H,16,17). The topological polar surface area (TPSA) is 86.3 Å². The summed E-state index contributed by atoms with van der Waals surface area (Å²) in [6, 6.07) is -0.838. The molecule has 1 aromatic rings. The summed E-state index contributed by atoms with van der Waals surface area (Å²) in [6.45, 7) is 1.98. The van der Waals surface area contributed by atoms with Gasteiger partial charge in [-0.05, 0) is 13.0 Å². The van der Waals surface area contributed by atoms with Crippen LogP contribution in [0.25, 0.3) is 0 Å². The molecule has 1 amide bonds. The van der Waals surface area contributed by atoms with Gasteiger partial charge in [-0.25, -0.2) is 9.78 Å². The minimum Gasteiger partial charge on any atom is -0.480 e. The second kappa shape index (κ2) is 4.40. The Morgan fingerprint density at radius 3 is 3.06 bits per heavy atom. The highest BCUT2D eigenvalue weighted by Gasteiger charge is 2.34. The molecule has 1 aliphatic heterocycles. The number of carboxylic acid groups (broad SMARTS) is 1. The number of aliphatic carboxylic acids is 1. The maximum atomic E-state index is 11.8. The number of nitrogens with zero attached hydrogens (tertiary/aromatic N) is 2. The number of aromatic nitrogens is 2. The average molecular weight is 235 g/mol. The lowest BCUT2D eigenvalue weighted by Gasteiger charge is -2.31. The molecule has 0 saturated carbocycles. The van der Waals surface area contributed by atoms with Crippen molar-refractivity contribution in [2.45, 2.75) is 25.9 Å². The summed E-state index contributed by atoms with van der Waals surface area (Å²) in [5.74, 6) is -1.29. The molecule has 0 bridgehead atoms. The van der Waals surface area contributed by atoms with Crippen molar-refractivity contribution in [3.63, 3.8) is 0 Å². The number of rotatable bonds is 2. The lowest BCUT2D eigenvalue weighted by atomic mass is 10.0. The summed E-state index contributed by atoms with van der Waals surface area (Å²) in [5.41, 5.74) is 1.53. The number of H-pyrrole nitrogens is 1. The summed E-state index contributed by atoms with van der Waals surface area (Å²) in [4.78, 5) is 31.2. The van der Waals surface area contributed by atoms with Crippen molar-refractivity contribution in [3.8, 4) is 0 Å². The average Bonchev–Trinajstić information content (AvgIpc) is 2.74. The maximum absolute atomic E-state index is 11.8. The van der Waals surface area contributed by atoms with E-state index in [-0.39, 0.29) is 18.9 Å². The summed E-state index contributed by atoms with van der Waals surface area (Å²) >= 11 is 0. The first-order valence-corrected chi connectivity index (χ1v) is 5.30. The molecule has 1 unspecified atom stereocenters. The highest BCUT2D eigenvalue weighted by Crippen LogP contribution is 2.21. The van der Waals surface area contributed by atoms with Crippen molar-refractivity contribution in [2.24, 2.45) is 0 Å². The predicted molar refractivity (Wildman–Crippen MR) is 59.1 cm³/mol. The molecule has 0 saturated heterocycles. The van der Waals surface area contributed by atoms with Crippen LogP contribution in [-0.2, 0) is 22.6 Å². The number of carbonyl (C=O) groups is 2. The number of imidazole rings is 1. The SMILES string of the molecule is CC=CC(=O)N1Cc2[nH]cnc2CC1C(=O)O. The van der Waals surface area contributed by atoms with Crippen molar-refractivity contribution in [1.82, 2.24) is 14.9 Å². The summed E-state index contributed by atoms with van der Waals surface area (Å²) < 4.78 is 0. The molecule has 0 aliphatic carbocycles. The van der Waals surface area contributed by atoms with Gasteiger partial charge in [-0.1, -0.05) is 6.08 Å². The van der Waals surface area contributed by atoms with E-state index in [1.165, 1.54) is 17.3 Å². The zero-order valence-electron chi connectivity index (χ0n) is 9.38. The molecule has 0 spiro atoms. The van der Waals surface area contributed by atoms with E-state index in [1.807, 2.05) is 0 Å². The van der Waals surface area contributed by atoms with Gasteiger partial charge in [-0.15, -0.1) is 0 Å². The van der Waals surface area contributed by atoms with Gasteiger partial charge in [-0.3, -0.25) is 4.79 Å². The van der Waals surface area contributed by atoms with Gasteiger partial charge in [-0.2, -0.15) is 0 Å². The Morgan fingerprint density at radius 2 is 2.41 bits per heavy atom. The van der Waals surface area contributed by atoms with Crippen LogP contribution in [0.4, 0.5) is 0 Å². The first-order valence-electron chi connectivity index (χ1n) is 5.30. The molecule has 1 aromatic heterocycles. The molecule has 90 valence electrons. The van der Waals surface area contributed by atoms with Crippen molar-refractivity contribution in [3.05, 3.63) is 29.9 Å². The van der Waals surface area contributed by atoms with Gasteiger partial charge >= 0.3 is 5.97 Å². The van der Waals surface area contributed by atoms with Gasteiger partial charge in [0.2, 0.25) is 5.91 Å². The molecular formula is C11H13N3O3. The maximum Gasteiger partial charge on any atom is 0.326 e. The van der Waals surface area contributed by atoms with Crippen LogP contribution >= 0.6 is 0 Å². The lowest BCUT2D eigenvalue weighted by Crippen LogP contribution is -2.48. The Bertz CT molecular complexity index is 478. The first-order chi connectivity index (χ1) is 8.13. The second-order valence-corrected chi connectivity index (χ2v) is 3.85. The van der Waals surface area contributed by atoms with Crippen LogP contribution in [0.5, 0.6) is 0 Å². The number of nitrogens with one attached hydrogen (secondary N) is 1. The molecular weight excluding hydrogens is 222 g/mol. The van der Waals surface area contributed by atoms with Gasteiger partial charge in [0.25, 0.3) is 0 Å². The fourth-order valence-corrected chi connectivity index (χ4v) is 1.93. The quantitative estimate of drug-likeness (QED) is 0.723. The van der Waals surface area contributed by atoms with E-state index in [0.29, 0.717) is 0 Å². The van der Waals surface area contributed by atoms with Gasteiger partial charge in [0.1, 0.15) is 6.04 Å². The number of amides is 1. The van der Waals surface area contributed by atoms with Crippen molar-refractivity contribution in [1.29, 1.82) is 0 Å². The molecule has 17 heavy (non-hydrogen) atoms. The zero-order valence-corrected chi connectivity index (χ0v) is 9.38. The monoisotopic (exact) mass is 235 g/mol. The van der Waals surface area contributed by atoms with Crippen LogP contribution in [0.15, 0.2) is 18.5 Å². The van der Waals surface area contributed by atoms with Crippen molar-refractivity contribution in [2.75, 3.05) is 0 Å². The van der Waals surface area contributed by atoms with Crippen LogP contribution in [0.1, 0.15) is 18.3 Å². The molecule has 2 rings (SSSR count). The van der Waals surface area contributed by atoms with E-state index in [9.17, 15) is 9.59 Å². The third-order valence-electron chi connectivity index (χ3n) is 2.78. The Balaban J connectivity index is 2.30. The van der Waals surface area contributed by atoms with Crippen LogP contribution in [0.3, 0.4) is 0 Å². The lowest BCUT2D eigenvalue weighted by molar-refractivity contribution is -0.149. The molecule has 6 nitrogen and oxygen atoms in total. The fourth-order valence-electron chi connectivity index (χ4n) is 1.93. The second-order valence-electron chi connectivity index (χ2n) is 3.85. The van der Waals surface area contributed by atoms with E-state index in [2.05, 4.69) is 9.97 Å².